The van der Waals surface area contributed by atoms with Crippen molar-refractivity contribution in [1.82, 2.24) is 4.90 Å². The van der Waals surface area contributed by atoms with Gasteiger partial charge in [0.05, 0.1) is 27.4 Å². The lowest BCUT2D eigenvalue weighted by atomic mass is 9.88. The van der Waals surface area contributed by atoms with Crippen molar-refractivity contribution in [2.75, 3.05) is 34.9 Å². The average molecular weight is 490 g/mol. The summed E-state index contributed by atoms with van der Waals surface area (Å²) in [5.41, 5.74) is 3.38. The summed E-state index contributed by atoms with van der Waals surface area (Å²) in [5, 5.41) is 30.1. The minimum Gasteiger partial charge on any atom is -0.493 e. The molecule has 0 amide bonds. The lowest BCUT2D eigenvalue weighted by Crippen LogP contribution is -2.58. The molecule has 0 spiro atoms. The molecule has 1 saturated heterocycles. The first-order chi connectivity index (χ1) is 16.8. The molecule has 0 aliphatic carbocycles. The topological polar surface area (TPSA) is 110 Å². The molecule has 0 radical (unpaired) electrons. The van der Waals surface area contributed by atoms with Crippen LogP contribution >= 0.6 is 0 Å². The molecule has 2 aromatic carbocycles. The second-order valence-electron chi connectivity index (χ2n) is 9.11. The number of benzene rings is 2. The Morgan fingerprint density at radius 2 is 1.63 bits per heavy atom. The van der Waals surface area contributed by atoms with Gasteiger partial charge in [-0.25, -0.2) is 0 Å². The molecule has 2 heterocycles. The smallest absolute Gasteiger partial charge is 0.229 e. The molecule has 9 heteroatoms. The third kappa shape index (κ3) is 4.92. The van der Waals surface area contributed by atoms with E-state index in [0.29, 0.717) is 17.2 Å². The normalized spacial score (nSPS) is 28.8. The van der Waals surface area contributed by atoms with Crippen LogP contribution in [0.15, 0.2) is 30.3 Å². The van der Waals surface area contributed by atoms with E-state index in [0.717, 1.165) is 41.8 Å². The molecule has 2 aromatic rings. The molecular formula is C26H35NO8. The molecule has 3 N–H and O–H groups in total. The van der Waals surface area contributed by atoms with Crippen molar-refractivity contribution in [2.24, 2.45) is 0 Å². The molecule has 192 valence electrons. The zero-order valence-electron chi connectivity index (χ0n) is 20.8. The predicted molar refractivity (Wildman–Crippen MR) is 128 cm³/mol. The van der Waals surface area contributed by atoms with E-state index in [9.17, 15) is 15.3 Å². The van der Waals surface area contributed by atoms with E-state index in [4.69, 9.17) is 23.7 Å². The van der Waals surface area contributed by atoms with E-state index in [1.807, 2.05) is 30.3 Å². The van der Waals surface area contributed by atoms with Crippen molar-refractivity contribution in [1.29, 1.82) is 0 Å². The monoisotopic (exact) mass is 489 g/mol. The van der Waals surface area contributed by atoms with Gasteiger partial charge in [0.25, 0.3) is 0 Å². The number of nitrogens with zero attached hydrogens (tertiary/aromatic N) is 1. The Balaban J connectivity index is 1.53. The fourth-order valence-corrected chi connectivity index (χ4v) is 4.91. The number of hydrogen-bond acceptors (Lipinski definition) is 9. The van der Waals surface area contributed by atoms with E-state index in [2.05, 4.69) is 11.9 Å². The summed E-state index contributed by atoms with van der Waals surface area (Å²) in [6.07, 6.45) is -3.98. The van der Waals surface area contributed by atoms with Gasteiger partial charge in [0.2, 0.25) is 12.0 Å². The summed E-state index contributed by atoms with van der Waals surface area (Å²) in [6, 6.07) is 9.72. The SMILES string of the molecule is COc1cc2c(c(OC)c1OC)CCN(C)[C@@H]2Cc1ccc(O[C@@H]2O[C@@H](C)[C@H](O)[C@@H](O)[C@H]2O)cc1. The Kier molecular flexibility index (Phi) is 7.73. The van der Waals surface area contributed by atoms with Crippen molar-refractivity contribution in [3.8, 4) is 23.0 Å². The zero-order chi connectivity index (χ0) is 25.3. The summed E-state index contributed by atoms with van der Waals surface area (Å²) in [4.78, 5) is 2.32. The Morgan fingerprint density at radius 1 is 0.943 bits per heavy atom. The fourth-order valence-electron chi connectivity index (χ4n) is 4.91. The molecular weight excluding hydrogens is 454 g/mol. The highest BCUT2D eigenvalue weighted by molar-refractivity contribution is 5.60. The maximum Gasteiger partial charge on any atom is 0.229 e. The van der Waals surface area contributed by atoms with Crippen LogP contribution in [0, 0.1) is 0 Å². The number of fused-ring (bicyclic) bond motifs is 1. The van der Waals surface area contributed by atoms with Gasteiger partial charge in [0.1, 0.15) is 24.1 Å². The zero-order valence-corrected chi connectivity index (χ0v) is 20.8. The molecule has 4 rings (SSSR count). The Hall–Kier alpha value is -2.56. The Bertz CT molecular complexity index is 1010. The number of ether oxygens (including phenoxy) is 5. The minimum atomic E-state index is -1.35. The molecule has 0 aromatic heterocycles. The van der Waals surface area contributed by atoms with Crippen molar-refractivity contribution in [3.63, 3.8) is 0 Å². The van der Waals surface area contributed by atoms with Crippen molar-refractivity contribution in [3.05, 3.63) is 47.0 Å². The first kappa shape index (κ1) is 25.5. The van der Waals surface area contributed by atoms with E-state index >= 15 is 0 Å². The second kappa shape index (κ2) is 10.6. The molecule has 1 fully saturated rings. The average Bonchev–Trinajstić information content (AvgIpc) is 2.87. The summed E-state index contributed by atoms with van der Waals surface area (Å²) in [6.45, 7) is 2.51. The quantitative estimate of drug-likeness (QED) is 0.535. The number of rotatable bonds is 7. The van der Waals surface area contributed by atoms with E-state index < -0.39 is 30.7 Å². The molecule has 9 nitrogen and oxygen atoms in total. The van der Waals surface area contributed by atoms with Crippen LogP contribution < -0.4 is 18.9 Å². The third-order valence-corrected chi connectivity index (χ3v) is 6.99. The minimum absolute atomic E-state index is 0.111. The van der Waals surface area contributed by atoms with Gasteiger partial charge < -0.3 is 39.0 Å². The molecule has 6 atom stereocenters. The summed E-state index contributed by atoms with van der Waals surface area (Å²) in [7, 11) is 7.00. The van der Waals surface area contributed by atoms with Crippen LogP contribution in [0.25, 0.3) is 0 Å². The predicted octanol–water partition coefficient (Wildman–Crippen LogP) is 1.69. The third-order valence-electron chi connectivity index (χ3n) is 6.99. The maximum atomic E-state index is 10.2. The van der Waals surface area contributed by atoms with Crippen LogP contribution in [-0.4, -0.2) is 85.8 Å². The molecule has 35 heavy (non-hydrogen) atoms. The van der Waals surface area contributed by atoms with Gasteiger partial charge in [0.15, 0.2) is 11.5 Å². The van der Waals surface area contributed by atoms with Crippen LogP contribution in [0.5, 0.6) is 23.0 Å². The van der Waals surface area contributed by atoms with Gasteiger partial charge in [0, 0.05) is 18.2 Å². The fraction of sp³-hybridized carbons (Fsp3) is 0.538. The van der Waals surface area contributed by atoms with Gasteiger partial charge in [-0.2, -0.15) is 0 Å². The number of hydrogen-bond donors (Lipinski definition) is 3. The highest BCUT2D eigenvalue weighted by Crippen LogP contribution is 2.47. The first-order valence-corrected chi connectivity index (χ1v) is 11.8. The first-order valence-electron chi connectivity index (χ1n) is 11.8. The molecule has 0 unspecified atom stereocenters. The van der Waals surface area contributed by atoms with Crippen molar-refractivity contribution < 1.29 is 39.0 Å². The van der Waals surface area contributed by atoms with Crippen LogP contribution in [0.3, 0.4) is 0 Å². The van der Waals surface area contributed by atoms with Gasteiger partial charge in [-0.05, 0) is 56.1 Å². The Morgan fingerprint density at radius 3 is 2.26 bits per heavy atom. The molecule has 2 aliphatic heterocycles. The number of aliphatic hydroxyl groups excluding tert-OH is 3. The van der Waals surface area contributed by atoms with Gasteiger partial charge >= 0.3 is 0 Å². The maximum absolute atomic E-state index is 10.2. The number of likely N-dealkylation sites (N-methyl/N-ethyl adjacent to an activating group) is 1. The van der Waals surface area contributed by atoms with Crippen molar-refractivity contribution >= 4 is 0 Å². The summed E-state index contributed by atoms with van der Waals surface area (Å²) < 4.78 is 28.2. The van der Waals surface area contributed by atoms with Crippen LogP contribution in [-0.2, 0) is 17.6 Å². The van der Waals surface area contributed by atoms with E-state index in [1.54, 1.807) is 28.3 Å². The largest absolute Gasteiger partial charge is 0.493 e. The van der Waals surface area contributed by atoms with Gasteiger partial charge in [-0.1, -0.05) is 12.1 Å². The van der Waals surface area contributed by atoms with E-state index in [1.165, 1.54) is 0 Å². The lowest BCUT2D eigenvalue weighted by Gasteiger charge is -2.38. The summed E-state index contributed by atoms with van der Waals surface area (Å²) in [5.74, 6) is 2.47. The highest BCUT2D eigenvalue weighted by Gasteiger charge is 2.43. The van der Waals surface area contributed by atoms with Crippen LogP contribution in [0.2, 0.25) is 0 Å². The second-order valence-corrected chi connectivity index (χ2v) is 9.11. The van der Waals surface area contributed by atoms with Gasteiger partial charge in [-0.15, -0.1) is 0 Å². The Labute approximate surface area is 205 Å². The lowest BCUT2D eigenvalue weighted by molar-refractivity contribution is -0.268. The summed E-state index contributed by atoms with van der Waals surface area (Å²) >= 11 is 0. The number of methoxy groups -OCH3 is 3. The van der Waals surface area contributed by atoms with E-state index in [-0.39, 0.29) is 6.04 Å². The van der Waals surface area contributed by atoms with Crippen molar-refractivity contribution in [2.45, 2.75) is 56.5 Å². The molecule has 0 saturated carbocycles. The van der Waals surface area contributed by atoms with Gasteiger partial charge in [-0.3, -0.25) is 4.90 Å². The van der Waals surface area contributed by atoms with Crippen LogP contribution in [0.4, 0.5) is 0 Å². The van der Waals surface area contributed by atoms with Crippen LogP contribution in [0.1, 0.15) is 29.7 Å². The standard InChI is InChI=1S/C26H35NO8/c1-14-21(28)22(29)23(30)26(34-14)35-16-8-6-15(7-9-16)12-19-18-13-20(31-3)25(33-5)24(32-4)17(18)10-11-27(19)2/h6-9,13-14,19,21-23,26,28-30H,10-12H2,1-5H3/t14-,19+,21-,22+,23+,26-/m0/s1. The number of aliphatic hydroxyl groups is 3. The molecule has 2 aliphatic rings. The highest BCUT2D eigenvalue weighted by atomic mass is 16.7. The molecule has 0 bridgehead atoms.